The average molecular weight is 355 g/mol. The number of benzene rings is 2. The zero-order chi connectivity index (χ0) is 18.4. The number of ether oxygens (including phenoxy) is 2. The van der Waals surface area contributed by atoms with Gasteiger partial charge in [-0.05, 0) is 30.3 Å². The van der Waals surface area contributed by atoms with Crippen LogP contribution in [-0.4, -0.2) is 28.6 Å². The largest absolute Gasteiger partial charge is 0.496 e. The molecule has 3 heterocycles. The molecule has 5 aromatic rings. The summed E-state index contributed by atoms with van der Waals surface area (Å²) in [6.07, 6.45) is 2.01. The van der Waals surface area contributed by atoms with Crippen LogP contribution in [0.5, 0.6) is 11.5 Å². The SMILES string of the molecule is COc1cccc(OC)c1-c1nc2ccccc2c2nc3ccccn3c12. The molecule has 0 atom stereocenters. The highest BCUT2D eigenvalue weighted by Crippen LogP contribution is 2.42. The van der Waals surface area contributed by atoms with E-state index in [1.807, 2.05) is 60.8 Å². The number of hydrogen-bond acceptors (Lipinski definition) is 4. The van der Waals surface area contributed by atoms with Crippen LogP contribution in [0.2, 0.25) is 0 Å². The van der Waals surface area contributed by atoms with Crippen molar-refractivity contribution in [2.24, 2.45) is 0 Å². The van der Waals surface area contributed by atoms with Gasteiger partial charge in [-0.15, -0.1) is 0 Å². The van der Waals surface area contributed by atoms with Crippen LogP contribution in [0.25, 0.3) is 38.8 Å². The smallest absolute Gasteiger partial charge is 0.137 e. The molecule has 0 radical (unpaired) electrons. The lowest BCUT2D eigenvalue weighted by Crippen LogP contribution is -1.97. The fraction of sp³-hybridized carbons (Fsp3) is 0.0909. The van der Waals surface area contributed by atoms with Crippen molar-refractivity contribution in [3.05, 3.63) is 66.9 Å². The predicted octanol–water partition coefficient (Wildman–Crippen LogP) is 4.72. The Morgan fingerprint density at radius 1 is 0.778 bits per heavy atom. The Bertz CT molecular complexity index is 1290. The van der Waals surface area contributed by atoms with Gasteiger partial charge in [0.1, 0.15) is 33.9 Å². The summed E-state index contributed by atoms with van der Waals surface area (Å²) in [6, 6.07) is 19.8. The lowest BCUT2D eigenvalue weighted by Gasteiger charge is -2.14. The minimum Gasteiger partial charge on any atom is -0.496 e. The third kappa shape index (κ3) is 2.25. The molecular formula is C22H17N3O2. The van der Waals surface area contributed by atoms with Crippen molar-refractivity contribution in [2.75, 3.05) is 14.2 Å². The Labute approximate surface area is 155 Å². The molecule has 0 bridgehead atoms. The van der Waals surface area contributed by atoms with Gasteiger partial charge < -0.3 is 9.47 Å². The van der Waals surface area contributed by atoms with Crippen LogP contribution < -0.4 is 9.47 Å². The van der Waals surface area contributed by atoms with Crippen LogP contribution in [0.3, 0.4) is 0 Å². The molecule has 0 saturated carbocycles. The maximum atomic E-state index is 5.64. The summed E-state index contributed by atoms with van der Waals surface area (Å²) in [5, 5.41) is 1.02. The third-order valence-electron chi connectivity index (χ3n) is 4.81. The van der Waals surface area contributed by atoms with E-state index in [0.29, 0.717) is 11.5 Å². The molecule has 5 rings (SSSR count). The summed E-state index contributed by atoms with van der Waals surface area (Å²) >= 11 is 0. The number of aromatic nitrogens is 3. The first-order valence-corrected chi connectivity index (χ1v) is 8.68. The molecule has 0 saturated heterocycles. The molecule has 0 fully saturated rings. The van der Waals surface area contributed by atoms with E-state index >= 15 is 0 Å². The van der Waals surface area contributed by atoms with Gasteiger partial charge >= 0.3 is 0 Å². The van der Waals surface area contributed by atoms with E-state index in [0.717, 1.165) is 38.8 Å². The molecule has 0 amide bonds. The molecule has 0 aliphatic rings. The minimum atomic E-state index is 0.712. The minimum absolute atomic E-state index is 0.712. The van der Waals surface area contributed by atoms with Crippen LogP contribution in [-0.2, 0) is 0 Å². The van der Waals surface area contributed by atoms with Crippen molar-refractivity contribution in [2.45, 2.75) is 0 Å². The Hall–Kier alpha value is -3.60. The summed E-state index contributed by atoms with van der Waals surface area (Å²) in [4.78, 5) is 9.87. The van der Waals surface area contributed by atoms with Crippen LogP contribution in [0, 0.1) is 0 Å². The topological polar surface area (TPSA) is 48.7 Å². The van der Waals surface area contributed by atoms with Gasteiger partial charge in [0.25, 0.3) is 0 Å². The number of rotatable bonds is 3. The second-order valence-corrected chi connectivity index (χ2v) is 6.25. The van der Waals surface area contributed by atoms with Crippen molar-refractivity contribution in [1.29, 1.82) is 0 Å². The van der Waals surface area contributed by atoms with Gasteiger partial charge in [-0.2, -0.15) is 0 Å². The van der Waals surface area contributed by atoms with E-state index in [9.17, 15) is 0 Å². The van der Waals surface area contributed by atoms with Gasteiger partial charge in [0.05, 0.1) is 25.3 Å². The number of methoxy groups -OCH3 is 2. The van der Waals surface area contributed by atoms with Crippen molar-refractivity contribution in [1.82, 2.24) is 14.4 Å². The standard InChI is InChI=1S/C22H17N3O2/c1-26-16-10-7-11-17(27-2)19(16)21-22-20(14-8-3-4-9-15(14)23-21)24-18-12-5-6-13-25(18)22/h3-13H,1-2H3. The van der Waals surface area contributed by atoms with Crippen LogP contribution in [0.15, 0.2) is 66.9 Å². The monoisotopic (exact) mass is 355 g/mol. The maximum Gasteiger partial charge on any atom is 0.137 e. The predicted molar refractivity (Wildman–Crippen MR) is 107 cm³/mol. The lowest BCUT2D eigenvalue weighted by molar-refractivity contribution is 0.397. The maximum absolute atomic E-state index is 5.64. The van der Waals surface area contributed by atoms with E-state index < -0.39 is 0 Å². The Morgan fingerprint density at radius 2 is 1.52 bits per heavy atom. The quantitative estimate of drug-likeness (QED) is 0.470. The molecule has 2 aromatic carbocycles. The highest BCUT2D eigenvalue weighted by atomic mass is 16.5. The first kappa shape index (κ1) is 15.6. The molecule has 5 heteroatoms. The van der Waals surface area contributed by atoms with E-state index in [4.69, 9.17) is 19.4 Å². The van der Waals surface area contributed by atoms with Gasteiger partial charge in [0.15, 0.2) is 0 Å². The van der Waals surface area contributed by atoms with E-state index in [2.05, 4.69) is 10.5 Å². The molecule has 3 aromatic heterocycles. The summed E-state index contributed by atoms with van der Waals surface area (Å²) in [6.45, 7) is 0. The molecule has 0 aliphatic heterocycles. The average Bonchev–Trinajstić information content (AvgIpc) is 3.12. The highest BCUT2D eigenvalue weighted by molar-refractivity contribution is 6.09. The molecule has 0 unspecified atom stereocenters. The number of para-hydroxylation sites is 1. The van der Waals surface area contributed by atoms with Gasteiger partial charge in [0.2, 0.25) is 0 Å². The van der Waals surface area contributed by atoms with Crippen molar-refractivity contribution < 1.29 is 9.47 Å². The molecule has 5 nitrogen and oxygen atoms in total. The van der Waals surface area contributed by atoms with Crippen LogP contribution >= 0.6 is 0 Å². The summed E-state index contributed by atoms with van der Waals surface area (Å²) in [5.74, 6) is 1.42. The van der Waals surface area contributed by atoms with Crippen molar-refractivity contribution in [3.8, 4) is 22.8 Å². The number of hydrogen-bond donors (Lipinski definition) is 0. The lowest BCUT2D eigenvalue weighted by atomic mass is 10.0. The van der Waals surface area contributed by atoms with Crippen molar-refractivity contribution >= 4 is 27.6 Å². The number of fused-ring (bicyclic) bond motifs is 5. The first-order chi connectivity index (χ1) is 13.3. The second-order valence-electron chi connectivity index (χ2n) is 6.25. The van der Waals surface area contributed by atoms with Gasteiger partial charge in [-0.1, -0.05) is 30.3 Å². The molecule has 0 spiro atoms. The second kappa shape index (κ2) is 5.99. The normalized spacial score (nSPS) is 11.3. The van der Waals surface area contributed by atoms with E-state index in [1.165, 1.54) is 0 Å². The van der Waals surface area contributed by atoms with Crippen LogP contribution in [0.1, 0.15) is 0 Å². The van der Waals surface area contributed by atoms with Crippen LogP contribution in [0.4, 0.5) is 0 Å². The first-order valence-electron chi connectivity index (χ1n) is 8.68. The molecule has 0 aliphatic carbocycles. The zero-order valence-electron chi connectivity index (χ0n) is 15.0. The fourth-order valence-electron chi connectivity index (χ4n) is 3.61. The molecule has 0 N–H and O–H groups in total. The number of imidazole rings is 1. The third-order valence-corrected chi connectivity index (χ3v) is 4.81. The molecule has 132 valence electrons. The van der Waals surface area contributed by atoms with Gasteiger partial charge in [-0.3, -0.25) is 4.40 Å². The van der Waals surface area contributed by atoms with Gasteiger partial charge in [0, 0.05) is 11.6 Å². The Kier molecular flexibility index (Phi) is 3.47. The Balaban J connectivity index is 2.04. The summed E-state index contributed by atoms with van der Waals surface area (Å²) in [7, 11) is 3.32. The molecule has 27 heavy (non-hydrogen) atoms. The highest BCUT2D eigenvalue weighted by Gasteiger charge is 2.21. The van der Waals surface area contributed by atoms with Crippen molar-refractivity contribution in [3.63, 3.8) is 0 Å². The fourth-order valence-corrected chi connectivity index (χ4v) is 3.61. The van der Waals surface area contributed by atoms with E-state index in [-0.39, 0.29) is 0 Å². The zero-order valence-corrected chi connectivity index (χ0v) is 15.0. The number of pyridine rings is 2. The Morgan fingerprint density at radius 3 is 2.30 bits per heavy atom. The molecular weight excluding hydrogens is 338 g/mol. The summed E-state index contributed by atoms with van der Waals surface area (Å²) in [5.41, 5.74) is 5.22. The van der Waals surface area contributed by atoms with E-state index in [1.54, 1.807) is 14.2 Å². The number of nitrogens with zero attached hydrogens (tertiary/aromatic N) is 3. The summed E-state index contributed by atoms with van der Waals surface area (Å²) < 4.78 is 13.3. The van der Waals surface area contributed by atoms with Gasteiger partial charge in [-0.25, -0.2) is 9.97 Å².